The molecular weight excluding hydrogens is 333 g/mol. The van der Waals surface area contributed by atoms with Gasteiger partial charge in [-0.1, -0.05) is 91.0 Å². The van der Waals surface area contributed by atoms with Gasteiger partial charge in [0.25, 0.3) is 0 Å². The molecular formula is C23H17F3. The molecule has 0 saturated carbocycles. The summed E-state index contributed by atoms with van der Waals surface area (Å²) >= 11 is 0. The second-order valence-electron chi connectivity index (χ2n) is 5.83. The minimum Gasteiger partial charge on any atom is -0.166 e. The van der Waals surface area contributed by atoms with Crippen LogP contribution in [0.1, 0.15) is 11.1 Å². The fourth-order valence-electron chi connectivity index (χ4n) is 2.56. The van der Waals surface area contributed by atoms with Gasteiger partial charge in [0.1, 0.15) is 0 Å². The highest BCUT2D eigenvalue weighted by Gasteiger charge is 2.31. The lowest BCUT2D eigenvalue weighted by Gasteiger charge is -2.08. The van der Waals surface area contributed by atoms with Crippen molar-refractivity contribution in [2.24, 2.45) is 0 Å². The maximum atomic E-state index is 13.3. The Morgan fingerprint density at radius 1 is 0.615 bits per heavy atom. The third kappa shape index (κ3) is 4.73. The molecule has 0 spiro atoms. The van der Waals surface area contributed by atoms with E-state index in [-0.39, 0.29) is 0 Å². The summed E-state index contributed by atoms with van der Waals surface area (Å²) in [5.41, 5.74) is 2.55. The Morgan fingerprint density at radius 2 is 1.15 bits per heavy atom. The number of halogens is 3. The topological polar surface area (TPSA) is 0 Å². The van der Waals surface area contributed by atoms with Gasteiger partial charge in [-0.2, -0.15) is 13.2 Å². The van der Waals surface area contributed by atoms with Crippen molar-refractivity contribution in [3.8, 4) is 11.1 Å². The molecule has 0 aliphatic heterocycles. The quantitative estimate of drug-likeness (QED) is 0.444. The number of rotatable bonds is 4. The average Bonchev–Trinajstić information content (AvgIpc) is 2.66. The normalized spacial score (nSPS) is 12.5. The first kappa shape index (κ1) is 17.7. The molecule has 0 heterocycles. The predicted octanol–water partition coefficient (Wildman–Crippen LogP) is 7.01. The molecule has 3 rings (SSSR count). The highest BCUT2D eigenvalue weighted by atomic mass is 19.4. The smallest absolute Gasteiger partial charge is 0.166 e. The summed E-state index contributed by atoms with van der Waals surface area (Å²) in [6.07, 6.45) is -0.671. The Balaban J connectivity index is 1.87. The zero-order valence-electron chi connectivity index (χ0n) is 13.9. The molecule has 0 radical (unpaired) electrons. The van der Waals surface area contributed by atoms with Gasteiger partial charge >= 0.3 is 6.18 Å². The fourth-order valence-corrected chi connectivity index (χ4v) is 2.56. The van der Waals surface area contributed by atoms with E-state index in [0.29, 0.717) is 5.56 Å². The van der Waals surface area contributed by atoms with Gasteiger partial charge in [0.05, 0.1) is 5.57 Å². The molecule has 0 amide bonds. The lowest BCUT2D eigenvalue weighted by molar-refractivity contribution is -0.0872. The number of alkyl halides is 3. The molecule has 0 aromatic heterocycles. The Kier molecular flexibility index (Phi) is 5.37. The van der Waals surface area contributed by atoms with E-state index in [1.165, 1.54) is 6.08 Å². The van der Waals surface area contributed by atoms with Gasteiger partial charge < -0.3 is 0 Å². The number of allylic oxidation sites excluding steroid dienone is 2. The van der Waals surface area contributed by atoms with Crippen LogP contribution in [0.25, 0.3) is 23.3 Å². The lowest BCUT2D eigenvalue weighted by atomic mass is 10.0. The first-order valence-corrected chi connectivity index (χ1v) is 8.20. The fraction of sp³-hybridized carbons (Fsp3) is 0.0435. The molecule has 0 unspecified atom stereocenters. The van der Waals surface area contributed by atoms with Crippen molar-refractivity contribution >= 4 is 12.2 Å². The van der Waals surface area contributed by atoms with Crippen molar-refractivity contribution in [2.75, 3.05) is 0 Å². The van der Waals surface area contributed by atoms with Crippen LogP contribution in [0, 0.1) is 0 Å². The zero-order chi connectivity index (χ0) is 18.4. The molecule has 0 atom stereocenters. The van der Waals surface area contributed by atoms with Crippen LogP contribution >= 0.6 is 0 Å². The Hall–Kier alpha value is -3.07. The summed E-state index contributed by atoms with van der Waals surface area (Å²) in [7, 11) is 0. The van der Waals surface area contributed by atoms with E-state index < -0.39 is 11.7 Å². The third-order valence-corrected chi connectivity index (χ3v) is 3.92. The molecule has 0 nitrogen and oxygen atoms in total. The molecule has 3 aromatic rings. The molecule has 0 aliphatic rings. The highest BCUT2D eigenvalue weighted by Crippen LogP contribution is 2.30. The molecule has 130 valence electrons. The van der Waals surface area contributed by atoms with Gasteiger partial charge in [0, 0.05) is 0 Å². The lowest BCUT2D eigenvalue weighted by Crippen LogP contribution is -2.09. The highest BCUT2D eigenvalue weighted by molar-refractivity contribution is 5.68. The minimum atomic E-state index is -4.41. The van der Waals surface area contributed by atoms with E-state index in [2.05, 4.69) is 0 Å². The van der Waals surface area contributed by atoms with Gasteiger partial charge in [-0.3, -0.25) is 0 Å². The molecule has 0 saturated heterocycles. The minimum absolute atomic E-state index is 0.509. The van der Waals surface area contributed by atoms with Crippen molar-refractivity contribution in [3.63, 3.8) is 0 Å². The SMILES string of the molecule is FC(F)(F)C(/C=C/c1ccccc1)=C/c1ccc(-c2ccccc2)cc1. The van der Waals surface area contributed by atoms with Crippen LogP contribution < -0.4 is 0 Å². The van der Waals surface area contributed by atoms with Crippen molar-refractivity contribution < 1.29 is 13.2 Å². The molecule has 3 aromatic carbocycles. The largest absolute Gasteiger partial charge is 0.416 e. The predicted molar refractivity (Wildman–Crippen MR) is 101 cm³/mol. The Morgan fingerprint density at radius 3 is 1.73 bits per heavy atom. The first-order chi connectivity index (χ1) is 12.5. The average molecular weight is 350 g/mol. The standard InChI is InChI=1S/C23H17F3/c24-23(25,26)22(16-13-18-7-3-1-4-8-18)17-19-11-14-21(15-12-19)20-9-5-2-6-10-20/h1-17H/b16-13+,22-17+. The van der Waals surface area contributed by atoms with E-state index in [0.717, 1.165) is 28.8 Å². The summed E-state index contributed by atoms with van der Waals surface area (Å²) in [6, 6.07) is 25.7. The van der Waals surface area contributed by atoms with E-state index in [1.54, 1.807) is 36.4 Å². The van der Waals surface area contributed by atoms with E-state index in [1.807, 2.05) is 48.5 Å². The molecule has 26 heavy (non-hydrogen) atoms. The van der Waals surface area contributed by atoms with Crippen molar-refractivity contribution in [3.05, 3.63) is 108 Å². The molecule has 0 aliphatic carbocycles. The summed E-state index contributed by atoms with van der Waals surface area (Å²) < 4.78 is 40.0. The second-order valence-corrected chi connectivity index (χ2v) is 5.83. The zero-order valence-corrected chi connectivity index (χ0v) is 13.9. The van der Waals surface area contributed by atoms with Crippen molar-refractivity contribution in [1.82, 2.24) is 0 Å². The first-order valence-electron chi connectivity index (χ1n) is 8.20. The van der Waals surface area contributed by atoms with Crippen LogP contribution in [0.4, 0.5) is 13.2 Å². The van der Waals surface area contributed by atoms with Crippen molar-refractivity contribution in [2.45, 2.75) is 6.18 Å². The van der Waals surface area contributed by atoms with Gasteiger partial charge in [0.2, 0.25) is 0 Å². The van der Waals surface area contributed by atoms with Gasteiger partial charge in [-0.15, -0.1) is 0 Å². The van der Waals surface area contributed by atoms with Gasteiger partial charge in [-0.25, -0.2) is 0 Å². The van der Waals surface area contributed by atoms with Gasteiger partial charge in [0.15, 0.2) is 0 Å². The van der Waals surface area contributed by atoms with Crippen molar-refractivity contribution in [1.29, 1.82) is 0 Å². The van der Waals surface area contributed by atoms with E-state index in [9.17, 15) is 13.2 Å². The molecule has 0 fully saturated rings. The summed E-state index contributed by atoms with van der Waals surface area (Å²) in [6.45, 7) is 0. The molecule has 3 heteroatoms. The van der Waals surface area contributed by atoms with Crippen LogP contribution in [0.2, 0.25) is 0 Å². The monoisotopic (exact) mass is 350 g/mol. The summed E-state index contributed by atoms with van der Waals surface area (Å²) in [5, 5.41) is 0. The van der Waals surface area contributed by atoms with E-state index in [4.69, 9.17) is 0 Å². The number of hydrogen-bond donors (Lipinski definition) is 0. The summed E-state index contributed by atoms with van der Waals surface area (Å²) in [4.78, 5) is 0. The van der Waals surface area contributed by atoms with Crippen LogP contribution in [0.5, 0.6) is 0 Å². The number of benzene rings is 3. The Bertz CT molecular complexity index is 888. The second kappa shape index (κ2) is 7.87. The van der Waals surface area contributed by atoms with Crippen LogP contribution in [0.3, 0.4) is 0 Å². The van der Waals surface area contributed by atoms with Crippen LogP contribution in [-0.2, 0) is 0 Å². The Labute approximate surface area is 150 Å². The number of hydrogen-bond acceptors (Lipinski definition) is 0. The third-order valence-electron chi connectivity index (χ3n) is 3.92. The van der Waals surface area contributed by atoms with Crippen LogP contribution in [-0.4, -0.2) is 6.18 Å². The van der Waals surface area contributed by atoms with Gasteiger partial charge in [-0.05, 0) is 34.4 Å². The maximum absolute atomic E-state index is 13.3. The van der Waals surface area contributed by atoms with E-state index >= 15 is 0 Å². The molecule has 0 bridgehead atoms. The van der Waals surface area contributed by atoms with Crippen LogP contribution in [0.15, 0.2) is 96.6 Å². The molecule has 0 N–H and O–H groups in total. The maximum Gasteiger partial charge on any atom is 0.416 e. The summed E-state index contributed by atoms with van der Waals surface area (Å²) in [5.74, 6) is 0.